The second-order valence-corrected chi connectivity index (χ2v) is 7.82. The van der Waals surface area contributed by atoms with Crippen LogP contribution in [0.3, 0.4) is 0 Å². The van der Waals surface area contributed by atoms with Gasteiger partial charge in [0.15, 0.2) is 9.84 Å². The van der Waals surface area contributed by atoms with Crippen LogP contribution in [0, 0.1) is 5.92 Å². The molecule has 0 radical (unpaired) electrons. The summed E-state index contributed by atoms with van der Waals surface area (Å²) >= 11 is 0. The molecule has 1 aromatic carbocycles. The number of sulfone groups is 1. The van der Waals surface area contributed by atoms with Crippen molar-refractivity contribution in [1.29, 1.82) is 0 Å². The number of nitrogens with zero attached hydrogens (tertiary/aromatic N) is 1. The molecule has 8 heteroatoms. The molecule has 0 unspecified atom stereocenters. The van der Waals surface area contributed by atoms with E-state index in [-0.39, 0.29) is 35.5 Å². The summed E-state index contributed by atoms with van der Waals surface area (Å²) in [6.45, 7) is 1.65. The number of carbonyl (C=O) groups is 1. The molecule has 2 N–H and O–H groups in total. The number of aromatic hydroxyl groups is 1. The van der Waals surface area contributed by atoms with Gasteiger partial charge in [0.2, 0.25) is 5.91 Å². The molecule has 0 saturated carbocycles. The molecule has 1 amide bonds. The molecule has 0 aliphatic carbocycles. The van der Waals surface area contributed by atoms with E-state index in [0.717, 1.165) is 0 Å². The molecular formula is C15H20N2O5S. The van der Waals surface area contributed by atoms with E-state index in [2.05, 4.69) is 10.5 Å². The average molecular weight is 340 g/mol. The smallest absolute Gasteiger partial charge is 0.240 e. The zero-order valence-corrected chi connectivity index (χ0v) is 13.9. The van der Waals surface area contributed by atoms with Crippen molar-refractivity contribution in [1.82, 2.24) is 5.43 Å². The normalized spacial score (nSPS) is 20.3. The molecule has 7 nitrogen and oxygen atoms in total. The second kappa shape index (κ2) is 6.99. The lowest BCUT2D eigenvalue weighted by molar-refractivity contribution is -0.121. The first-order chi connectivity index (χ1) is 10.8. The van der Waals surface area contributed by atoms with Gasteiger partial charge in [-0.3, -0.25) is 4.79 Å². The molecular weight excluding hydrogens is 320 g/mol. The minimum Gasteiger partial charge on any atom is -0.507 e. The van der Waals surface area contributed by atoms with Gasteiger partial charge in [-0.05, 0) is 31.4 Å². The molecule has 23 heavy (non-hydrogen) atoms. The minimum absolute atomic E-state index is 0.00161. The Balaban J connectivity index is 1.95. The maximum Gasteiger partial charge on any atom is 0.240 e. The van der Waals surface area contributed by atoms with Crippen LogP contribution in [0.25, 0.3) is 0 Å². The quantitative estimate of drug-likeness (QED) is 0.616. The molecule has 0 bridgehead atoms. The van der Waals surface area contributed by atoms with Crippen LogP contribution in [0.1, 0.15) is 25.3 Å². The van der Waals surface area contributed by atoms with Crippen molar-refractivity contribution in [2.75, 3.05) is 18.6 Å². The van der Waals surface area contributed by atoms with Crippen molar-refractivity contribution < 1.29 is 23.1 Å². The number of methoxy groups -OCH3 is 1. The van der Waals surface area contributed by atoms with Gasteiger partial charge in [-0.15, -0.1) is 0 Å². The highest BCUT2D eigenvalue weighted by Crippen LogP contribution is 2.24. The Morgan fingerprint density at radius 1 is 1.48 bits per heavy atom. The Bertz CT molecular complexity index is 727. The SMILES string of the molecule is COc1ccc(/C(C)=N/NC(=O)C[C@@H]2CCS(=O)(=O)C2)c(O)c1. The van der Waals surface area contributed by atoms with Gasteiger partial charge >= 0.3 is 0 Å². The second-order valence-electron chi connectivity index (χ2n) is 5.59. The first-order valence-electron chi connectivity index (χ1n) is 7.21. The van der Waals surface area contributed by atoms with E-state index in [1.165, 1.54) is 13.2 Å². The zero-order valence-electron chi connectivity index (χ0n) is 13.1. The van der Waals surface area contributed by atoms with E-state index in [4.69, 9.17) is 4.74 Å². The first-order valence-corrected chi connectivity index (χ1v) is 9.04. The molecule has 126 valence electrons. The summed E-state index contributed by atoms with van der Waals surface area (Å²) in [5.74, 6) is 0.242. The Morgan fingerprint density at radius 2 is 2.22 bits per heavy atom. The molecule has 1 aliphatic rings. The maximum atomic E-state index is 11.8. The molecule has 2 rings (SSSR count). The van der Waals surface area contributed by atoms with E-state index in [9.17, 15) is 18.3 Å². The highest BCUT2D eigenvalue weighted by molar-refractivity contribution is 7.91. The first kappa shape index (κ1) is 17.3. The molecule has 0 aromatic heterocycles. The van der Waals surface area contributed by atoms with Crippen LogP contribution in [0.2, 0.25) is 0 Å². The fourth-order valence-electron chi connectivity index (χ4n) is 2.49. The number of carbonyl (C=O) groups excluding carboxylic acids is 1. The van der Waals surface area contributed by atoms with Gasteiger partial charge in [0, 0.05) is 18.1 Å². The minimum atomic E-state index is -2.99. The predicted octanol–water partition coefficient (Wildman–Crippen LogP) is 1.07. The monoisotopic (exact) mass is 340 g/mol. The van der Waals surface area contributed by atoms with Gasteiger partial charge in [-0.25, -0.2) is 13.8 Å². The lowest BCUT2D eigenvalue weighted by Gasteiger charge is -2.08. The molecule has 1 saturated heterocycles. The van der Waals surface area contributed by atoms with Gasteiger partial charge in [-0.2, -0.15) is 5.10 Å². The Morgan fingerprint density at radius 3 is 2.78 bits per heavy atom. The van der Waals surface area contributed by atoms with E-state index < -0.39 is 9.84 Å². The van der Waals surface area contributed by atoms with E-state index in [0.29, 0.717) is 23.4 Å². The van der Waals surface area contributed by atoms with E-state index in [1.54, 1.807) is 19.1 Å². The van der Waals surface area contributed by atoms with Crippen LogP contribution in [0.5, 0.6) is 11.5 Å². The van der Waals surface area contributed by atoms with Gasteiger partial charge in [0.1, 0.15) is 11.5 Å². The summed E-state index contributed by atoms with van der Waals surface area (Å²) in [4.78, 5) is 11.8. The van der Waals surface area contributed by atoms with E-state index >= 15 is 0 Å². The summed E-state index contributed by atoms with van der Waals surface area (Å²) in [6, 6.07) is 4.78. The molecule has 1 aliphatic heterocycles. The summed E-state index contributed by atoms with van der Waals surface area (Å²) < 4.78 is 27.7. The number of phenols is 1. The van der Waals surface area contributed by atoms with Crippen LogP contribution < -0.4 is 10.2 Å². The Labute approximate surface area is 135 Å². The lowest BCUT2D eigenvalue weighted by atomic mass is 10.1. The summed E-state index contributed by atoms with van der Waals surface area (Å²) in [5, 5.41) is 13.9. The number of hydrazone groups is 1. The predicted molar refractivity (Wildman–Crippen MR) is 86.4 cm³/mol. The zero-order chi connectivity index (χ0) is 17.0. The van der Waals surface area contributed by atoms with Crippen LogP contribution in [-0.4, -0.2) is 43.8 Å². The van der Waals surface area contributed by atoms with Gasteiger partial charge in [-0.1, -0.05) is 0 Å². The largest absolute Gasteiger partial charge is 0.507 e. The standard InChI is InChI=1S/C15H20N2O5S/c1-10(13-4-3-12(22-2)8-14(13)18)16-17-15(19)7-11-5-6-23(20,21)9-11/h3-4,8,11,18H,5-7,9H2,1-2H3,(H,17,19)/b16-10+/t11-/m0/s1. The molecule has 1 fully saturated rings. The Hall–Kier alpha value is -2.09. The van der Waals surface area contributed by atoms with Crippen molar-refractivity contribution >= 4 is 21.5 Å². The third-order valence-corrected chi connectivity index (χ3v) is 5.58. The molecule has 1 atom stereocenters. The number of ether oxygens (including phenoxy) is 1. The highest BCUT2D eigenvalue weighted by atomic mass is 32.2. The molecule has 1 heterocycles. The van der Waals surface area contributed by atoms with Crippen molar-refractivity contribution in [2.45, 2.75) is 19.8 Å². The summed E-state index contributed by atoms with van der Waals surface area (Å²) in [6.07, 6.45) is 0.641. The fourth-order valence-corrected chi connectivity index (χ4v) is 4.35. The van der Waals surface area contributed by atoms with Gasteiger partial charge in [0.05, 0.1) is 24.3 Å². The number of hydrogen-bond donors (Lipinski definition) is 2. The number of phenolic OH excluding ortho intramolecular Hbond substituents is 1. The van der Waals surface area contributed by atoms with E-state index in [1.807, 2.05) is 0 Å². The molecule has 1 aromatic rings. The van der Waals surface area contributed by atoms with Crippen LogP contribution in [0.4, 0.5) is 0 Å². The van der Waals surface area contributed by atoms with Crippen molar-refractivity contribution in [3.63, 3.8) is 0 Å². The summed E-state index contributed by atoms with van der Waals surface area (Å²) in [5.41, 5.74) is 3.33. The average Bonchev–Trinajstić information content (AvgIpc) is 2.83. The van der Waals surface area contributed by atoms with Gasteiger partial charge < -0.3 is 9.84 Å². The van der Waals surface area contributed by atoms with Crippen LogP contribution >= 0.6 is 0 Å². The number of nitrogens with one attached hydrogen (secondary N) is 1. The van der Waals surface area contributed by atoms with Crippen molar-refractivity contribution in [3.8, 4) is 11.5 Å². The lowest BCUT2D eigenvalue weighted by Crippen LogP contribution is -2.22. The fraction of sp³-hybridized carbons (Fsp3) is 0.467. The third kappa shape index (κ3) is 4.69. The van der Waals surface area contributed by atoms with Crippen LogP contribution in [0.15, 0.2) is 23.3 Å². The van der Waals surface area contributed by atoms with Crippen LogP contribution in [-0.2, 0) is 14.6 Å². The van der Waals surface area contributed by atoms with Gasteiger partial charge in [0.25, 0.3) is 0 Å². The third-order valence-electron chi connectivity index (χ3n) is 3.74. The number of amides is 1. The number of benzene rings is 1. The summed E-state index contributed by atoms with van der Waals surface area (Å²) in [7, 11) is -1.49. The molecule has 0 spiro atoms. The Kier molecular flexibility index (Phi) is 5.25. The van der Waals surface area contributed by atoms with Crippen molar-refractivity contribution in [3.05, 3.63) is 23.8 Å². The highest BCUT2D eigenvalue weighted by Gasteiger charge is 2.29. The number of rotatable bonds is 5. The number of hydrogen-bond acceptors (Lipinski definition) is 6. The van der Waals surface area contributed by atoms with Crippen molar-refractivity contribution in [2.24, 2.45) is 11.0 Å². The maximum absolute atomic E-state index is 11.8. The topological polar surface area (TPSA) is 105 Å².